The van der Waals surface area contributed by atoms with E-state index in [0.717, 1.165) is 23.1 Å². The van der Waals surface area contributed by atoms with Gasteiger partial charge in [0.2, 0.25) is 5.91 Å². The number of benzene rings is 1. The van der Waals surface area contributed by atoms with Crippen LogP contribution in [0, 0.1) is 0 Å². The fourth-order valence-electron chi connectivity index (χ4n) is 1.98. The summed E-state index contributed by atoms with van der Waals surface area (Å²) in [5.74, 6) is -0.139. The smallest absolute Gasteiger partial charge is 0.221 e. The lowest BCUT2D eigenvalue weighted by molar-refractivity contribution is -0.117. The topological polar surface area (TPSA) is 60.2 Å². The molecule has 0 unspecified atom stereocenters. The number of Topliss-reactive ketones (excluding diaryl/α,β-unsaturated/α-hetero) is 1. The van der Waals surface area contributed by atoms with Crippen molar-refractivity contribution in [3.8, 4) is 0 Å². The van der Waals surface area contributed by atoms with Crippen molar-refractivity contribution in [2.75, 3.05) is 0 Å². The van der Waals surface area contributed by atoms with Gasteiger partial charge in [-0.05, 0) is 17.5 Å². The van der Waals surface area contributed by atoms with Gasteiger partial charge in [0.15, 0.2) is 5.78 Å². The van der Waals surface area contributed by atoms with Gasteiger partial charge in [-0.3, -0.25) is 9.59 Å². The van der Waals surface area contributed by atoms with Crippen LogP contribution in [-0.4, -0.2) is 11.7 Å². The number of rotatable bonds is 3. The first-order valence-corrected chi connectivity index (χ1v) is 5.28. The van der Waals surface area contributed by atoms with Crippen molar-refractivity contribution in [1.29, 1.82) is 0 Å². The second-order valence-electron chi connectivity index (χ2n) is 3.87. The molecular formula is C13H13NO2. The summed E-state index contributed by atoms with van der Waals surface area (Å²) in [4.78, 5) is 22.1. The van der Waals surface area contributed by atoms with E-state index < -0.39 is 0 Å². The predicted molar refractivity (Wildman–Crippen MR) is 61.9 cm³/mol. The molecule has 0 aliphatic heterocycles. The number of carbonyl (C=O) groups is 2. The molecular weight excluding hydrogens is 202 g/mol. The Bertz CT molecular complexity index is 475. The second kappa shape index (κ2) is 4.31. The number of nitrogens with two attached hydrogens (primary N) is 1. The van der Waals surface area contributed by atoms with Gasteiger partial charge in [-0.15, -0.1) is 0 Å². The van der Waals surface area contributed by atoms with Crippen LogP contribution in [0.25, 0.3) is 6.08 Å². The summed E-state index contributed by atoms with van der Waals surface area (Å²) in [5, 5.41) is 0. The number of amides is 1. The molecule has 0 bridgehead atoms. The Kier molecular flexibility index (Phi) is 2.86. The number of hydrogen-bond donors (Lipinski definition) is 1. The standard InChI is InChI=1S/C13H13NO2/c14-13(16)6-2-4-9-3-1-5-11-10(9)7-8-12(11)15/h1-5H,6-8H2,(H2,14,16). The maximum atomic E-state index is 11.5. The molecule has 0 saturated heterocycles. The fourth-order valence-corrected chi connectivity index (χ4v) is 1.98. The van der Waals surface area contributed by atoms with Crippen LogP contribution in [0.5, 0.6) is 0 Å². The molecule has 16 heavy (non-hydrogen) atoms. The molecule has 82 valence electrons. The zero-order valence-corrected chi connectivity index (χ0v) is 8.90. The molecule has 1 aliphatic rings. The zero-order chi connectivity index (χ0) is 11.5. The highest BCUT2D eigenvalue weighted by Gasteiger charge is 2.20. The number of fused-ring (bicyclic) bond motifs is 1. The molecule has 2 rings (SSSR count). The monoisotopic (exact) mass is 215 g/mol. The van der Waals surface area contributed by atoms with Crippen LogP contribution in [0.4, 0.5) is 0 Å². The Hall–Kier alpha value is -1.90. The van der Waals surface area contributed by atoms with Crippen molar-refractivity contribution in [1.82, 2.24) is 0 Å². The Labute approximate surface area is 94.0 Å². The minimum absolute atomic E-state index is 0.208. The zero-order valence-electron chi connectivity index (χ0n) is 8.90. The lowest BCUT2D eigenvalue weighted by Gasteiger charge is -2.02. The fraction of sp³-hybridized carbons (Fsp3) is 0.231. The van der Waals surface area contributed by atoms with E-state index in [4.69, 9.17) is 5.73 Å². The highest BCUT2D eigenvalue weighted by molar-refractivity contribution is 6.01. The molecule has 1 aromatic carbocycles. The van der Waals surface area contributed by atoms with Gasteiger partial charge >= 0.3 is 0 Å². The third-order valence-corrected chi connectivity index (χ3v) is 2.73. The van der Waals surface area contributed by atoms with E-state index in [0.29, 0.717) is 6.42 Å². The molecule has 3 nitrogen and oxygen atoms in total. The van der Waals surface area contributed by atoms with Crippen LogP contribution in [0.2, 0.25) is 0 Å². The maximum absolute atomic E-state index is 11.5. The van der Waals surface area contributed by atoms with Crippen LogP contribution in [0.15, 0.2) is 24.3 Å². The lowest BCUT2D eigenvalue weighted by Crippen LogP contribution is -2.07. The van der Waals surface area contributed by atoms with Crippen molar-refractivity contribution < 1.29 is 9.59 Å². The molecule has 0 radical (unpaired) electrons. The van der Waals surface area contributed by atoms with E-state index in [1.165, 1.54) is 0 Å². The van der Waals surface area contributed by atoms with Gasteiger partial charge in [0.05, 0.1) is 0 Å². The van der Waals surface area contributed by atoms with Crippen molar-refractivity contribution >= 4 is 17.8 Å². The molecule has 0 saturated carbocycles. The Morgan fingerprint density at radius 2 is 2.19 bits per heavy atom. The van der Waals surface area contributed by atoms with Crippen LogP contribution < -0.4 is 5.73 Å². The Morgan fingerprint density at radius 3 is 2.94 bits per heavy atom. The van der Waals surface area contributed by atoms with Crippen molar-refractivity contribution in [3.05, 3.63) is 41.0 Å². The molecule has 0 spiro atoms. The van der Waals surface area contributed by atoms with Gasteiger partial charge in [-0.25, -0.2) is 0 Å². The first-order chi connectivity index (χ1) is 7.68. The third-order valence-electron chi connectivity index (χ3n) is 2.73. The molecule has 0 aromatic heterocycles. The summed E-state index contributed by atoms with van der Waals surface area (Å²) in [7, 11) is 0. The summed E-state index contributed by atoms with van der Waals surface area (Å²) in [6.45, 7) is 0. The van der Waals surface area contributed by atoms with Crippen molar-refractivity contribution in [2.45, 2.75) is 19.3 Å². The predicted octanol–water partition coefficient (Wildman–Crippen LogP) is 1.70. The second-order valence-corrected chi connectivity index (χ2v) is 3.87. The summed E-state index contributed by atoms with van der Waals surface area (Å²) in [6.07, 6.45) is 5.22. The number of ketones is 1. The number of primary amides is 1. The highest BCUT2D eigenvalue weighted by atomic mass is 16.1. The van der Waals surface area contributed by atoms with E-state index in [1.807, 2.05) is 24.3 Å². The molecule has 2 N–H and O–H groups in total. The van der Waals surface area contributed by atoms with Gasteiger partial charge < -0.3 is 5.73 Å². The van der Waals surface area contributed by atoms with Crippen molar-refractivity contribution in [3.63, 3.8) is 0 Å². The third kappa shape index (κ3) is 2.03. The van der Waals surface area contributed by atoms with Crippen molar-refractivity contribution in [2.24, 2.45) is 5.73 Å². The molecule has 0 heterocycles. The van der Waals surface area contributed by atoms with Crippen LogP contribution >= 0.6 is 0 Å². The van der Waals surface area contributed by atoms with E-state index in [1.54, 1.807) is 6.08 Å². The summed E-state index contributed by atoms with van der Waals surface area (Å²) >= 11 is 0. The average molecular weight is 215 g/mol. The van der Waals surface area contributed by atoms with Gasteiger partial charge in [-0.2, -0.15) is 0 Å². The van der Waals surface area contributed by atoms with Crippen LogP contribution in [-0.2, 0) is 11.2 Å². The summed E-state index contributed by atoms with van der Waals surface area (Å²) in [6, 6.07) is 5.68. The molecule has 1 aliphatic carbocycles. The minimum atomic E-state index is -0.347. The minimum Gasteiger partial charge on any atom is -0.369 e. The average Bonchev–Trinajstić information content (AvgIpc) is 2.61. The summed E-state index contributed by atoms with van der Waals surface area (Å²) in [5.41, 5.74) is 7.98. The van der Waals surface area contributed by atoms with Gasteiger partial charge in [-0.1, -0.05) is 30.4 Å². The van der Waals surface area contributed by atoms with Gasteiger partial charge in [0, 0.05) is 18.4 Å². The molecule has 3 heteroatoms. The molecule has 0 fully saturated rings. The van der Waals surface area contributed by atoms with Crippen LogP contribution in [0.3, 0.4) is 0 Å². The normalized spacial score (nSPS) is 14.4. The van der Waals surface area contributed by atoms with E-state index in [9.17, 15) is 9.59 Å². The largest absolute Gasteiger partial charge is 0.369 e. The van der Waals surface area contributed by atoms with E-state index in [2.05, 4.69) is 0 Å². The Balaban J connectivity index is 2.26. The quantitative estimate of drug-likeness (QED) is 0.834. The highest BCUT2D eigenvalue weighted by Crippen LogP contribution is 2.26. The molecule has 1 aromatic rings. The molecule has 1 amide bonds. The Morgan fingerprint density at radius 1 is 1.38 bits per heavy atom. The number of hydrogen-bond acceptors (Lipinski definition) is 2. The SMILES string of the molecule is NC(=O)CC=Cc1cccc2c1CCC2=O. The first kappa shape index (κ1) is 10.6. The first-order valence-electron chi connectivity index (χ1n) is 5.28. The summed E-state index contributed by atoms with van der Waals surface area (Å²) < 4.78 is 0. The van der Waals surface area contributed by atoms with E-state index >= 15 is 0 Å². The molecule has 0 atom stereocenters. The number of carbonyl (C=O) groups excluding carboxylic acids is 2. The van der Waals surface area contributed by atoms with Crippen LogP contribution in [0.1, 0.15) is 34.3 Å². The van der Waals surface area contributed by atoms with E-state index in [-0.39, 0.29) is 18.1 Å². The van der Waals surface area contributed by atoms with Gasteiger partial charge in [0.1, 0.15) is 0 Å². The van der Waals surface area contributed by atoms with Gasteiger partial charge in [0.25, 0.3) is 0 Å². The lowest BCUT2D eigenvalue weighted by atomic mass is 10.0. The maximum Gasteiger partial charge on any atom is 0.221 e.